The van der Waals surface area contributed by atoms with Crippen molar-refractivity contribution in [3.05, 3.63) is 37.0 Å². The summed E-state index contributed by atoms with van der Waals surface area (Å²) in [6.45, 7) is 13.6. The van der Waals surface area contributed by atoms with Gasteiger partial charge in [0.1, 0.15) is 5.60 Å². The average Bonchev–Trinajstić information content (AvgIpc) is 2.66. The first-order valence-electron chi connectivity index (χ1n) is 9.20. The van der Waals surface area contributed by atoms with Gasteiger partial charge in [-0.05, 0) is 47.0 Å². The predicted octanol–water partition coefficient (Wildman–Crippen LogP) is 2.88. The number of carbonyl (C=O) groups excluding carboxylic acids is 3. The highest BCUT2D eigenvalue weighted by atomic mass is 16.6. The summed E-state index contributed by atoms with van der Waals surface area (Å²) < 4.78 is 15.6. The predicted molar refractivity (Wildman–Crippen MR) is 105 cm³/mol. The fraction of sp³-hybridized carbons (Fsp3) is 0.571. The third-order valence-corrected chi connectivity index (χ3v) is 4.34. The standard InChI is InChI=1S/C21H32O7/c1-7-15(4)20(25)28-21(5,6)16(14-27-19(24)9-3)13-17(22)11-10-12-26-18(23)8-2/h7-9,16-17,22H,2-3,10-14H2,1,4-6H3/b15-7+. The number of rotatable bonds is 13. The largest absolute Gasteiger partial charge is 0.463 e. The Bertz CT molecular complexity index is 590. The van der Waals surface area contributed by atoms with Crippen molar-refractivity contribution in [3.8, 4) is 0 Å². The Morgan fingerprint density at radius 2 is 1.68 bits per heavy atom. The SMILES string of the molecule is C=CC(=O)OCCCC(O)CC(COC(=O)C=C)C(C)(C)OC(=O)/C(C)=C/C. The second-order valence-electron chi connectivity index (χ2n) is 6.90. The number of ether oxygens (including phenoxy) is 3. The Morgan fingerprint density at radius 3 is 2.21 bits per heavy atom. The number of aliphatic hydroxyl groups is 1. The van der Waals surface area contributed by atoms with E-state index in [4.69, 9.17) is 14.2 Å². The van der Waals surface area contributed by atoms with Crippen molar-refractivity contribution < 1.29 is 33.7 Å². The molecule has 0 aliphatic carbocycles. The summed E-state index contributed by atoms with van der Waals surface area (Å²) in [6.07, 6.45) is 4.07. The van der Waals surface area contributed by atoms with E-state index in [1.807, 2.05) is 0 Å². The maximum Gasteiger partial charge on any atom is 0.333 e. The summed E-state index contributed by atoms with van der Waals surface area (Å²) in [7, 11) is 0. The van der Waals surface area contributed by atoms with Crippen LogP contribution in [-0.2, 0) is 28.6 Å². The molecule has 2 unspecified atom stereocenters. The van der Waals surface area contributed by atoms with E-state index in [-0.39, 0.29) is 19.6 Å². The highest BCUT2D eigenvalue weighted by Crippen LogP contribution is 2.28. The lowest BCUT2D eigenvalue weighted by Crippen LogP contribution is -2.41. The van der Waals surface area contributed by atoms with E-state index in [9.17, 15) is 19.5 Å². The van der Waals surface area contributed by atoms with Gasteiger partial charge in [-0.3, -0.25) is 0 Å². The molecule has 7 heteroatoms. The van der Waals surface area contributed by atoms with Crippen LogP contribution in [0.15, 0.2) is 37.0 Å². The minimum atomic E-state index is -0.987. The molecule has 0 bridgehead atoms. The molecule has 0 heterocycles. The van der Waals surface area contributed by atoms with Gasteiger partial charge in [0.25, 0.3) is 0 Å². The molecule has 28 heavy (non-hydrogen) atoms. The van der Waals surface area contributed by atoms with E-state index >= 15 is 0 Å². The van der Waals surface area contributed by atoms with E-state index in [0.717, 1.165) is 12.2 Å². The summed E-state index contributed by atoms with van der Waals surface area (Å²) in [5.41, 5.74) is -0.529. The maximum absolute atomic E-state index is 12.1. The maximum atomic E-state index is 12.1. The van der Waals surface area contributed by atoms with Crippen LogP contribution in [0.5, 0.6) is 0 Å². The third-order valence-electron chi connectivity index (χ3n) is 4.34. The van der Waals surface area contributed by atoms with Gasteiger partial charge in [-0.2, -0.15) is 0 Å². The van der Waals surface area contributed by atoms with E-state index < -0.39 is 35.5 Å². The number of aliphatic hydroxyl groups excluding tert-OH is 1. The van der Waals surface area contributed by atoms with Crippen LogP contribution in [0.4, 0.5) is 0 Å². The molecule has 0 aromatic carbocycles. The highest BCUT2D eigenvalue weighted by molar-refractivity contribution is 5.88. The molecule has 0 amide bonds. The van der Waals surface area contributed by atoms with Gasteiger partial charge in [-0.1, -0.05) is 19.2 Å². The Balaban J connectivity index is 4.95. The Labute approximate surface area is 167 Å². The van der Waals surface area contributed by atoms with Gasteiger partial charge in [0.05, 0.1) is 19.3 Å². The van der Waals surface area contributed by atoms with Crippen molar-refractivity contribution in [2.75, 3.05) is 13.2 Å². The molecule has 0 radical (unpaired) electrons. The van der Waals surface area contributed by atoms with Gasteiger partial charge in [0, 0.05) is 23.6 Å². The zero-order chi connectivity index (χ0) is 21.7. The van der Waals surface area contributed by atoms with E-state index in [0.29, 0.717) is 18.4 Å². The fourth-order valence-electron chi connectivity index (χ4n) is 2.31. The lowest BCUT2D eigenvalue weighted by molar-refractivity contribution is -0.162. The Kier molecular flexibility index (Phi) is 11.8. The number of esters is 3. The zero-order valence-electron chi connectivity index (χ0n) is 17.2. The lowest BCUT2D eigenvalue weighted by atomic mass is 9.85. The van der Waals surface area contributed by atoms with Crippen molar-refractivity contribution >= 4 is 17.9 Å². The summed E-state index contributed by atoms with van der Waals surface area (Å²) >= 11 is 0. The summed E-state index contributed by atoms with van der Waals surface area (Å²) in [4.78, 5) is 34.6. The molecule has 0 aromatic rings. The van der Waals surface area contributed by atoms with Gasteiger partial charge in [-0.15, -0.1) is 0 Å². The first-order chi connectivity index (χ1) is 13.1. The Morgan fingerprint density at radius 1 is 1.11 bits per heavy atom. The minimum absolute atomic E-state index is 0.0392. The molecule has 0 aliphatic heterocycles. The van der Waals surface area contributed by atoms with Crippen LogP contribution in [-0.4, -0.2) is 47.9 Å². The van der Waals surface area contributed by atoms with Crippen molar-refractivity contribution in [2.45, 2.75) is 58.7 Å². The molecule has 0 aliphatic rings. The van der Waals surface area contributed by atoms with Crippen LogP contribution >= 0.6 is 0 Å². The van der Waals surface area contributed by atoms with Gasteiger partial charge < -0.3 is 19.3 Å². The number of carbonyl (C=O) groups is 3. The van der Waals surface area contributed by atoms with Gasteiger partial charge in [-0.25, -0.2) is 14.4 Å². The minimum Gasteiger partial charge on any atom is -0.463 e. The fourth-order valence-corrected chi connectivity index (χ4v) is 2.31. The monoisotopic (exact) mass is 396 g/mol. The first kappa shape index (κ1) is 25.6. The molecule has 7 nitrogen and oxygen atoms in total. The van der Waals surface area contributed by atoms with Gasteiger partial charge in [0.2, 0.25) is 0 Å². The van der Waals surface area contributed by atoms with E-state index in [1.54, 1.807) is 33.8 Å². The number of hydrogen-bond donors (Lipinski definition) is 1. The topological polar surface area (TPSA) is 99.1 Å². The molecule has 1 N–H and O–H groups in total. The second-order valence-corrected chi connectivity index (χ2v) is 6.90. The molecule has 0 saturated carbocycles. The Hall–Kier alpha value is -2.41. The second kappa shape index (κ2) is 12.9. The molecule has 0 spiro atoms. The molecule has 0 saturated heterocycles. The first-order valence-corrected chi connectivity index (χ1v) is 9.20. The van der Waals surface area contributed by atoms with E-state index in [1.165, 1.54) is 0 Å². The molecular formula is C21H32O7. The van der Waals surface area contributed by atoms with Gasteiger partial charge in [0.15, 0.2) is 0 Å². The van der Waals surface area contributed by atoms with Crippen molar-refractivity contribution in [3.63, 3.8) is 0 Å². The quantitative estimate of drug-likeness (QED) is 0.221. The van der Waals surface area contributed by atoms with Crippen LogP contribution in [0, 0.1) is 5.92 Å². The molecule has 0 fully saturated rings. The summed E-state index contributed by atoms with van der Waals surface area (Å²) in [5, 5.41) is 10.3. The molecule has 0 aromatic heterocycles. The van der Waals surface area contributed by atoms with Crippen molar-refractivity contribution in [1.29, 1.82) is 0 Å². The van der Waals surface area contributed by atoms with Crippen LogP contribution in [0.1, 0.15) is 47.0 Å². The van der Waals surface area contributed by atoms with Crippen molar-refractivity contribution in [2.24, 2.45) is 5.92 Å². The molecule has 0 rings (SSSR count). The highest BCUT2D eigenvalue weighted by Gasteiger charge is 2.36. The summed E-state index contributed by atoms with van der Waals surface area (Å²) in [5.74, 6) is -2.03. The van der Waals surface area contributed by atoms with Crippen LogP contribution in [0.25, 0.3) is 0 Å². The molecular weight excluding hydrogens is 364 g/mol. The van der Waals surface area contributed by atoms with Gasteiger partial charge >= 0.3 is 17.9 Å². The third kappa shape index (κ3) is 10.1. The number of allylic oxidation sites excluding steroid dienone is 1. The lowest BCUT2D eigenvalue weighted by Gasteiger charge is -2.35. The molecule has 2 atom stereocenters. The van der Waals surface area contributed by atoms with Crippen LogP contribution < -0.4 is 0 Å². The normalized spacial score (nSPS) is 13.8. The zero-order valence-corrected chi connectivity index (χ0v) is 17.2. The number of hydrogen-bond acceptors (Lipinski definition) is 7. The summed E-state index contributed by atoms with van der Waals surface area (Å²) in [6, 6.07) is 0. The average molecular weight is 396 g/mol. The van der Waals surface area contributed by atoms with E-state index in [2.05, 4.69) is 13.2 Å². The smallest absolute Gasteiger partial charge is 0.333 e. The molecule has 158 valence electrons. The van der Waals surface area contributed by atoms with Crippen LogP contribution in [0.3, 0.4) is 0 Å². The van der Waals surface area contributed by atoms with Crippen LogP contribution in [0.2, 0.25) is 0 Å². The van der Waals surface area contributed by atoms with Crippen molar-refractivity contribution in [1.82, 2.24) is 0 Å².